The van der Waals surface area contributed by atoms with E-state index in [2.05, 4.69) is 4.98 Å². The van der Waals surface area contributed by atoms with Gasteiger partial charge in [0.1, 0.15) is 0 Å². The summed E-state index contributed by atoms with van der Waals surface area (Å²) in [7, 11) is 0. The Kier molecular flexibility index (Phi) is 3.65. The highest BCUT2D eigenvalue weighted by molar-refractivity contribution is 6.09. The van der Waals surface area contributed by atoms with Gasteiger partial charge < -0.3 is 0 Å². The van der Waals surface area contributed by atoms with Gasteiger partial charge in [0.25, 0.3) is 0 Å². The minimum absolute atomic E-state index is 0.00370. The number of carbonyl (C=O) groups is 1. The molecule has 2 nitrogen and oxygen atoms in total. The lowest BCUT2D eigenvalue weighted by molar-refractivity contribution is -0.264. The first kappa shape index (κ1) is 15.3. The van der Waals surface area contributed by atoms with E-state index in [1.807, 2.05) is 0 Å². The third kappa shape index (κ3) is 2.98. The van der Waals surface area contributed by atoms with Crippen LogP contribution in [0.15, 0.2) is 36.7 Å². The Morgan fingerprint density at radius 2 is 1.62 bits per heavy atom. The molecule has 0 N–H and O–H groups in total. The molecular formula is C13H7F6NO. The number of nitrogens with zero attached hydrogens (tertiary/aromatic N) is 1. The Labute approximate surface area is 114 Å². The average Bonchev–Trinajstić information content (AvgIpc) is 2.34. The zero-order chi connectivity index (χ0) is 15.8. The van der Waals surface area contributed by atoms with Crippen molar-refractivity contribution < 1.29 is 31.1 Å². The topological polar surface area (TPSA) is 30.0 Å². The zero-order valence-corrected chi connectivity index (χ0v) is 10.2. The van der Waals surface area contributed by atoms with E-state index in [1.54, 1.807) is 0 Å². The summed E-state index contributed by atoms with van der Waals surface area (Å²) in [6.07, 6.45) is -8.97. The molecule has 2 rings (SSSR count). The molecule has 0 saturated carbocycles. The van der Waals surface area contributed by atoms with Gasteiger partial charge in [-0.15, -0.1) is 0 Å². The number of hydrogen-bond acceptors (Lipinski definition) is 2. The van der Waals surface area contributed by atoms with Crippen LogP contribution in [0.2, 0.25) is 0 Å². The number of aromatic nitrogens is 1. The number of fused-ring (bicyclic) bond motifs is 1. The summed E-state index contributed by atoms with van der Waals surface area (Å²) in [6, 6.07) is 4.79. The lowest BCUT2D eigenvalue weighted by Crippen LogP contribution is -2.42. The van der Waals surface area contributed by atoms with Gasteiger partial charge in [-0.2, -0.15) is 26.3 Å². The molecule has 0 fully saturated rings. The van der Waals surface area contributed by atoms with Gasteiger partial charge in [-0.05, 0) is 11.5 Å². The number of rotatable bonds is 2. The van der Waals surface area contributed by atoms with Crippen LogP contribution < -0.4 is 0 Å². The molecule has 0 spiro atoms. The molecule has 0 radical (unpaired) electrons. The Bertz CT molecular complexity index is 657. The van der Waals surface area contributed by atoms with Crippen LogP contribution in [-0.4, -0.2) is 23.1 Å². The molecule has 0 aliphatic rings. The molecule has 1 aromatic heterocycles. The fraction of sp³-hybridized carbons (Fsp3) is 0.231. The summed E-state index contributed by atoms with van der Waals surface area (Å²) < 4.78 is 75.6. The highest BCUT2D eigenvalue weighted by atomic mass is 19.4. The third-order valence-corrected chi connectivity index (χ3v) is 2.86. The van der Waals surface area contributed by atoms with Gasteiger partial charge in [0, 0.05) is 23.3 Å². The second-order valence-electron chi connectivity index (χ2n) is 4.28. The Balaban J connectivity index is 2.60. The lowest BCUT2D eigenvalue weighted by atomic mass is 9.93. The number of ketones is 1. The third-order valence-electron chi connectivity index (χ3n) is 2.86. The lowest BCUT2D eigenvalue weighted by Gasteiger charge is -2.22. The minimum atomic E-state index is -5.70. The van der Waals surface area contributed by atoms with E-state index in [9.17, 15) is 31.1 Å². The molecule has 0 aliphatic carbocycles. The predicted octanol–water partition coefficient (Wildman–Crippen LogP) is 4.16. The number of pyridine rings is 1. The summed E-state index contributed by atoms with van der Waals surface area (Å²) in [5.74, 6) is -6.06. The van der Waals surface area contributed by atoms with Gasteiger partial charge in [-0.1, -0.05) is 18.2 Å². The van der Waals surface area contributed by atoms with Crippen LogP contribution in [-0.2, 0) is 0 Å². The summed E-state index contributed by atoms with van der Waals surface area (Å²) >= 11 is 0. The molecular weight excluding hydrogens is 300 g/mol. The molecule has 0 amide bonds. The van der Waals surface area contributed by atoms with Crippen molar-refractivity contribution in [3.8, 4) is 0 Å². The van der Waals surface area contributed by atoms with E-state index in [4.69, 9.17) is 0 Å². The van der Waals surface area contributed by atoms with E-state index < -0.39 is 29.6 Å². The molecule has 0 unspecified atom stereocenters. The number of alkyl halides is 6. The molecule has 21 heavy (non-hydrogen) atoms. The van der Waals surface area contributed by atoms with Gasteiger partial charge in [0.2, 0.25) is 5.92 Å². The molecule has 1 heterocycles. The number of halogens is 6. The molecule has 0 atom stereocenters. The first-order valence-electron chi connectivity index (χ1n) is 5.63. The quantitative estimate of drug-likeness (QED) is 0.616. The highest BCUT2D eigenvalue weighted by Gasteiger charge is 2.61. The van der Waals surface area contributed by atoms with Crippen LogP contribution in [0.1, 0.15) is 10.4 Å². The molecule has 0 bridgehead atoms. The van der Waals surface area contributed by atoms with Crippen molar-refractivity contribution in [1.29, 1.82) is 0 Å². The number of carbonyl (C=O) groups excluding carboxylic acids is 1. The maximum absolute atomic E-state index is 12.6. The Hall–Kier alpha value is -2.12. The van der Waals surface area contributed by atoms with Crippen LogP contribution in [0.4, 0.5) is 26.3 Å². The predicted molar refractivity (Wildman–Crippen MR) is 61.7 cm³/mol. The van der Waals surface area contributed by atoms with Crippen LogP contribution in [0, 0.1) is 5.92 Å². The SMILES string of the molecule is O=C(c1cccc2cnccc12)C(C(F)(F)F)C(F)(F)F. The van der Waals surface area contributed by atoms with Crippen molar-refractivity contribution in [2.75, 3.05) is 0 Å². The van der Waals surface area contributed by atoms with Gasteiger partial charge in [0.05, 0.1) is 0 Å². The molecule has 0 saturated heterocycles. The van der Waals surface area contributed by atoms with Gasteiger partial charge in [-0.25, -0.2) is 0 Å². The van der Waals surface area contributed by atoms with Crippen molar-refractivity contribution >= 4 is 16.6 Å². The first-order valence-corrected chi connectivity index (χ1v) is 5.63. The van der Waals surface area contributed by atoms with Crippen LogP contribution >= 0.6 is 0 Å². The van der Waals surface area contributed by atoms with Crippen LogP contribution in [0.25, 0.3) is 10.8 Å². The number of Topliss-reactive ketones (excluding diaryl/α,β-unsaturated/α-hetero) is 1. The number of hydrogen-bond donors (Lipinski definition) is 0. The first-order chi connectivity index (χ1) is 9.62. The van der Waals surface area contributed by atoms with E-state index in [1.165, 1.54) is 30.6 Å². The maximum atomic E-state index is 12.6. The normalized spacial score (nSPS) is 12.9. The van der Waals surface area contributed by atoms with Crippen molar-refractivity contribution in [3.63, 3.8) is 0 Å². The number of benzene rings is 1. The van der Waals surface area contributed by atoms with E-state index in [0.717, 1.165) is 6.07 Å². The van der Waals surface area contributed by atoms with Gasteiger partial charge in [-0.3, -0.25) is 9.78 Å². The fourth-order valence-electron chi connectivity index (χ4n) is 1.98. The van der Waals surface area contributed by atoms with E-state index in [-0.39, 0.29) is 10.8 Å². The molecule has 2 aromatic rings. The zero-order valence-electron chi connectivity index (χ0n) is 10.2. The summed E-state index contributed by atoms with van der Waals surface area (Å²) in [4.78, 5) is 15.5. The van der Waals surface area contributed by atoms with Crippen molar-refractivity contribution in [1.82, 2.24) is 4.98 Å². The standard InChI is InChI=1S/C13H7F6NO/c14-12(15,16)11(13(17,18)19)10(21)9-3-1-2-7-6-20-5-4-8(7)9/h1-6,11H. The molecule has 0 aliphatic heterocycles. The van der Waals surface area contributed by atoms with Crippen LogP contribution in [0.3, 0.4) is 0 Å². The maximum Gasteiger partial charge on any atom is 0.407 e. The van der Waals surface area contributed by atoms with E-state index in [0.29, 0.717) is 0 Å². The summed E-state index contributed by atoms with van der Waals surface area (Å²) in [5.41, 5.74) is -0.630. The van der Waals surface area contributed by atoms with Crippen molar-refractivity contribution in [2.24, 2.45) is 5.92 Å². The van der Waals surface area contributed by atoms with Crippen LogP contribution in [0.5, 0.6) is 0 Å². The summed E-state index contributed by atoms with van der Waals surface area (Å²) in [6.45, 7) is 0. The van der Waals surface area contributed by atoms with Crippen molar-refractivity contribution in [3.05, 3.63) is 42.2 Å². The second kappa shape index (κ2) is 5.01. The second-order valence-corrected chi connectivity index (χ2v) is 4.28. The Morgan fingerprint density at radius 1 is 1.00 bits per heavy atom. The molecule has 1 aromatic carbocycles. The van der Waals surface area contributed by atoms with E-state index >= 15 is 0 Å². The van der Waals surface area contributed by atoms with Gasteiger partial charge >= 0.3 is 12.4 Å². The fourth-order valence-corrected chi connectivity index (χ4v) is 1.98. The highest BCUT2D eigenvalue weighted by Crippen LogP contribution is 2.41. The van der Waals surface area contributed by atoms with Crippen molar-refractivity contribution in [2.45, 2.75) is 12.4 Å². The largest absolute Gasteiger partial charge is 0.407 e. The average molecular weight is 307 g/mol. The minimum Gasteiger partial charge on any atom is -0.293 e. The smallest absolute Gasteiger partial charge is 0.293 e. The monoisotopic (exact) mass is 307 g/mol. The Morgan fingerprint density at radius 3 is 2.19 bits per heavy atom. The molecule has 112 valence electrons. The summed E-state index contributed by atoms with van der Waals surface area (Å²) in [5, 5.41) is 0.280. The van der Waals surface area contributed by atoms with Gasteiger partial charge in [0.15, 0.2) is 5.78 Å². The molecule has 8 heteroatoms.